The van der Waals surface area contributed by atoms with Crippen LogP contribution >= 0.6 is 11.8 Å². The summed E-state index contributed by atoms with van der Waals surface area (Å²) in [5.74, 6) is 1.77. The molecule has 0 aromatic heterocycles. The number of amides is 1. The summed E-state index contributed by atoms with van der Waals surface area (Å²) in [5, 5.41) is 3.06. The molecule has 0 aliphatic heterocycles. The van der Waals surface area contributed by atoms with Crippen LogP contribution < -0.4 is 5.32 Å². The number of aryl methyl sites for hydroxylation is 2. The number of nitrogens with one attached hydrogen (secondary N) is 1. The van der Waals surface area contributed by atoms with E-state index in [0.717, 1.165) is 5.75 Å². The van der Waals surface area contributed by atoms with Gasteiger partial charge in [-0.2, -0.15) is 11.8 Å². The first-order valence-corrected chi connectivity index (χ1v) is 8.14. The molecule has 0 radical (unpaired) electrons. The van der Waals surface area contributed by atoms with Crippen LogP contribution in [0.3, 0.4) is 0 Å². The van der Waals surface area contributed by atoms with Crippen LogP contribution in [0.4, 0.5) is 0 Å². The summed E-state index contributed by atoms with van der Waals surface area (Å²) in [7, 11) is 0. The fourth-order valence-corrected chi connectivity index (χ4v) is 2.72. The van der Waals surface area contributed by atoms with Gasteiger partial charge >= 0.3 is 0 Å². The van der Waals surface area contributed by atoms with Crippen LogP contribution in [0.1, 0.15) is 49.4 Å². The summed E-state index contributed by atoms with van der Waals surface area (Å²) >= 11 is 1.72. The average Bonchev–Trinajstić information content (AvgIpc) is 2.38. The topological polar surface area (TPSA) is 29.1 Å². The second kappa shape index (κ2) is 8.26. The quantitative estimate of drug-likeness (QED) is 0.764. The van der Waals surface area contributed by atoms with E-state index < -0.39 is 0 Å². The Kier molecular flexibility index (Phi) is 7.00. The largest absolute Gasteiger partial charge is 0.349 e. The highest BCUT2D eigenvalue weighted by atomic mass is 32.2. The van der Waals surface area contributed by atoms with Crippen LogP contribution in [0.5, 0.6) is 0 Å². The highest BCUT2D eigenvalue weighted by Gasteiger charge is 2.10. The smallest absolute Gasteiger partial charge is 0.230 e. The summed E-state index contributed by atoms with van der Waals surface area (Å²) in [4.78, 5) is 11.8. The van der Waals surface area contributed by atoms with Gasteiger partial charge in [-0.1, -0.05) is 31.5 Å². The van der Waals surface area contributed by atoms with Gasteiger partial charge in [-0.3, -0.25) is 4.79 Å². The maximum atomic E-state index is 11.8. The Hall–Kier alpha value is -0.960. The molecule has 1 atom stereocenters. The zero-order chi connectivity index (χ0) is 14.3. The number of benzene rings is 1. The van der Waals surface area contributed by atoms with Gasteiger partial charge in [0.2, 0.25) is 5.91 Å². The zero-order valence-corrected chi connectivity index (χ0v) is 13.3. The van der Waals surface area contributed by atoms with Crippen molar-refractivity contribution in [1.82, 2.24) is 5.32 Å². The molecular formula is C16H25NOS. The van der Waals surface area contributed by atoms with Gasteiger partial charge in [-0.15, -0.1) is 0 Å². The van der Waals surface area contributed by atoms with E-state index in [1.165, 1.54) is 29.5 Å². The van der Waals surface area contributed by atoms with Gasteiger partial charge < -0.3 is 5.32 Å². The van der Waals surface area contributed by atoms with Crippen molar-refractivity contribution in [2.45, 2.75) is 46.6 Å². The van der Waals surface area contributed by atoms with Crippen LogP contribution in [0, 0.1) is 13.8 Å². The number of rotatable bonds is 7. The fraction of sp³-hybridized carbons (Fsp3) is 0.562. The van der Waals surface area contributed by atoms with Crippen molar-refractivity contribution < 1.29 is 4.79 Å². The van der Waals surface area contributed by atoms with Gasteiger partial charge in [0.15, 0.2) is 0 Å². The van der Waals surface area contributed by atoms with E-state index >= 15 is 0 Å². The van der Waals surface area contributed by atoms with Gasteiger partial charge in [-0.25, -0.2) is 0 Å². The molecule has 106 valence electrons. The molecule has 0 bridgehead atoms. The van der Waals surface area contributed by atoms with Crippen LogP contribution in [0.25, 0.3) is 0 Å². The van der Waals surface area contributed by atoms with Crippen molar-refractivity contribution in [1.29, 1.82) is 0 Å². The van der Waals surface area contributed by atoms with E-state index in [2.05, 4.69) is 44.3 Å². The molecule has 1 N–H and O–H groups in total. The van der Waals surface area contributed by atoms with Crippen LogP contribution in [0.15, 0.2) is 18.2 Å². The summed E-state index contributed by atoms with van der Waals surface area (Å²) in [6.07, 6.45) is 2.37. The van der Waals surface area contributed by atoms with Crippen molar-refractivity contribution in [3.8, 4) is 0 Å². The number of hydrogen-bond acceptors (Lipinski definition) is 2. The second-order valence-corrected chi connectivity index (χ2v) is 6.14. The average molecular weight is 279 g/mol. The summed E-state index contributed by atoms with van der Waals surface area (Å²) in [6.45, 7) is 8.42. The van der Waals surface area contributed by atoms with Gasteiger partial charge in [0.05, 0.1) is 11.8 Å². The molecule has 1 amide bonds. The Bertz CT molecular complexity index is 417. The van der Waals surface area contributed by atoms with Crippen molar-refractivity contribution in [2.75, 3.05) is 11.5 Å². The lowest BCUT2D eigenvalue weighted by Crippen LogP contribution is -2.28. The number of carbonyl (C=O) groups is 1. The molecule has 3 heteroatoms. The van der Waals surface area contributed by atoms with E-state index in [-0.39, 0.29) is 11.9 Å². The molecule has 0 spiro atoms. The first-order valence-electron chi connectivity index (χ1n) is 6.98. The standard InChI is InChI=1S/C16H25NOS/c1-5-6-9-19-11-16(18)17-14(4)15-8-7-12(2)13(3)10-15/h7-8,10,14H,5-6,9,11H2,1-4H3,(H,17,18). The normalized spacial score (nSPS) is 12.2. The molecule has 0 aliphatic rings. The van der Waals surface area contributed by atoms with Crippen molar-refractivity contribution >= 4 is 17.7 Å². The molecule has 19 heavy (non-hydrogen) atoms. The third-order valence-electron chi connectivity index (χ3n) is 3.28. The maximum absolute atomic E-state index is 11.8. The van der Waals surface area contributed by atoms with E-state index in [1.807, 2.05) is 6.92 Å². The van der Waals surface area contributed by atoms with Crippen LogP contribution in [0.2, 0.25) is 0 Å². The predicted octanol–water partition coefficient (Wildman–Crippen LogP) is 4.01. The zero-order valence-electron chi connectivity index (χ0n) is 12.5. The van der Waals surface area contributed by atoms with Crippen LogP contribution in [-0.4, -0.2) is 17.4 Å². The SMILES string of the molecule is CCCCSCC(=O)NC(C)c1ccc(C)c(C)c1. The Labute approximate surface area is 121 Å². The van der Waals surface area contributed by atoms with E-state index in [9.17, 15) is 4.79 Å². The Balaban J connectivity index is 2.43. The maximum Gasteiger partial charge on any atom is 0.230 e. The Morgan fingerprint density at radius 2 is 2.05 bits per heavy atom. The lowest BCUT2D eigenvalue weighted by Gasteiger charge is -2.15. The third-order valence-corrected chi connectivity index (χ3v) is 4.33. The van der Waals surface area contributed by atoms with Gasteiger partial charge in [-0.05, 0) is 49.6 Å². The molecule has 1 aromatic rings. The molecule has 0 fully saturated rings. The molecule has 1 unspecified atom stereocenters. The molecule has 1 rings (SSSR count). The molecule has 2 nitrogen and oxygen atoms in total. The molecule has 0 aliphatic carbocycles. The van der Waals surface area contributed by atoms with Crippen molar-refractivity contribution in [3.63, 3.8) is 0 Å². The first kappa shape index (κ1) is 16.1. The van der Waals surface area contributed by atoms with E-state index in [4.69, 9.17) is 0 Å². The Morgan fingerprint density at radius 3 is 2.68 bits per heavy atom. The highest BCUT2D eigenvalue weighted by Crippen LogP contribution is 2.17. The minimum atomic E-state index is 0.0820. The first-order chi connectivity index (χ1) is 9.04. The fourth-order valence-electron chi connectivity index (χ4n) is 1.81. The highest BCUT2D eigenvalue weighted by molar-refractivity contribution is 7.99. The molecule has 1 aromatic carbocycles. The second-order valence-electron chi connectivity index (χ2n) is 5.04. The van der Waals surface area contributed by atoms with Crippen LogP contribution in [-0.2, 0) is 4.79 Å². The molecular weight excluding hydrogens is 254 g/mol. The van der Waals surface area contributed by atoms with E-state index in [0.29, 0.717) is 5.75 Å². The molecule has 0 saturated carbocycles. The lowest BCUT2D eigenvalue weighted by molar-refractivity contribution is -0.119. The minimum Gasteiger partial charge on any atom is -0.349 e. The number of carbonyl (C=O) groups excluding carboxylic acids is 1. The lowest BCUT2D eigenvalue weighted by atomic mass is 10.0. The molecule has 0 saturated heterocycles. The van der Waals surface area contributed by atoms with Gasteiger partial charge in [0, 0.05) is 0 Å². The number of thioether (sulfide) groups is 1. The monoisotopic (exact) mass is 279 g/mol. The third kappa shape index (κ3) is 5.68. The minimum absolute atomic E-state index is 0.0820. The van der Waals surface area contributed by atoms with Crippen molar-refractivity contribution in [3.05, 3.63) is 34.9 Å². The molecule has 0 heterocycles. The summed E-state index contributed by atoms with van der Waals surface area (Å²) < 4.78 is 0. The number of unbranched alkanes of at least 4 members (excludes halogenated alkanes) is 1. The van der Waals surface area contributed by atoms with Crippen molar-refractivity contribution in [2.24, 2.45) is 0 Å². The van der Waals surface area contributed by atoms with Gasteiger partial charge in [0.25, 0.3) is 0 Å². The van der Waals surface area contributed by atoms with E-state index in [1.54, 1.807) is 11.8 Å². The predicted molar refractivity (Wildman–Crippen MR) is 84.7 cm³/mol. The van der Waals surface area contributed by atoms with Gasteiger partial charge in [0.1, 0.15) is 0 Å². The Morgan fingerprint density at radius 1 is 1.32 bits per heavy atom. The summed E-state index contributed by atoms with van der Waals surface area (Å²) in [6, 6.07) is 6.45. The summed E-state index contributed by atoms with van der Waals surface area (Å²) in [5.41, 5.74) is 3.74. The number of hydrogen-bond donors (Lipinski definition) is 1.